The molecule has 2 aromatic rings. The van der Waals surface area contributed by atoms with Crippen LogP contribution in [0.25, 0.3) is 10.4 Å². The Morgan fingerprint density at radius 2 is 2.14 bits per heavy atom. The van der Waals surface area contributed by atoms with Crippen molar-refractivity contribution in [2.75, 3.05) is 20.2 Å². The van der Waals surface area contributed by atoms with Gasteiger partial charge in [-0.2, -0.15) is 5.10 Å². The van der Waals surface area contributed by atoms with Crippen LogP contribution in [-0.4, -0.2) is 47.3 Å². The fourth-order valence-corrected chi connectivity index (χ4v) is 3.01. The van der Waals surface area contributed by atoms with Gasteiger partial charge in [0, 0.05) is 24.4 Å². The number of methoxy groups -OCH3 is 1. The van der Waals surface area contributed by atoms with Crippen LogP contribution in [0.4, 0.5) is 19.3 Å². The van der Waals surface area contributed by atoms with Gasteiger partial charge < -0.3 is 14.4 Å². The maximum absolute atomic E-state index is 14.6. The monoisotopic (exact) mass is 404 g/mol. The number of azide groups is 1. The van der Waals surface area contributed by atoms with Gasteiger partial charge in [0.15, 0.2) is 0 Å². The molecular weight excluding hydrogens is 386 g/mol. The minimum atomic E-state index is -3.12. The van der Waals surface area contributed by atoms with E-state index in [9.17, 15) is 13.6 Å². The number of nitrogens with zero attached hydrogens (tertiary/aromatic N) is 6. The number of rotatable bonds is 5. The van der Waals surface area contributed by atoms with Crippen LogP contribution in [0, 0.1) is 0 Å². The van der Waals surface area contributed by atoms with Gasteiger partial charge in [0.1, 0.15) is 12.3 Å². The number of benzene rings is 1. The predicted molar refractivity (Wildman–Crippen MR) is 97.9 cm³/mol. The molecule has 1 amide bonds. The van der Waals surface area contributed by atoms with Gasteiger partial charge >= 0.3 is 6.09 Å². The van der Waals surface area contributed by atoms with Crippen LogP contribution in [0.1, 0.15) is 23.6 Å². The quantitative estimate of drug-likeness (QED) is 0.421. The van der Waals surface area contributed by atoms with E-state index < -0.39 is 24.4 Å². The Kier molecular flexibility index (Phi) is 6.08. The number of likely N-dealkylation sites (tertiary alicyclic amines) is 1. The Labute approximate surface area is 164 Å². The average molecular weight is 404 g/mol. The summed E-state index contributed by atoms with van der Waals surface area (Å²) in [5.74, 6) is -4.62. The second kappa shape index (κ2) is 8.70. The lowest BCUT2D eigenvalue weighted by molar-refractivity contribution is -0.0741. The van der Waals surface area contributed by atoms with E-state index in [2.05, 4.69) is 20.2 Å². The van der Waals surface area contributed by atoms with E-state index in [0.29, 0.717) is 0 Å². The SMILES string of the molecule is COc1nnc(C2CN(C(=O)OCc3ccccc3)CCC2(F)F)cc1N=[N+]=[N-]. The molecule has 0 N–H and O–H groups in total. The predicted octanol–water partition coefficient (Wildman–Crippen LogP) is 4.19. The molecule has 0 bridgehead atoms. The number of hydrogen-bond donors (Lipinski definition) is 0. The lowest BCUT2D eigenvalue weighted by Crippen LogP contribution is -2.48. The summed E-state index contributed by atoms with van der Waals surface area (Å²) in [5, 5.41) is 10.9. The van der Waals surface area contributed by atoms with Gasteiger partial charge in [0.05, 0.1) is 18.7 Å². The zero-order valence-corrected chi connectivity index (χ0v) is 15.5. The number of halogens is 2. The molecule has 0 radical (unpaired) electrons. The Bertz CT molecular complexity index is 921. The Morgan fingerprint density at radius 1 is 1.38 bits per heavy atom. The summed E-state index contributed by atoms with van der Waals surface area (Å²) in [6, 6.07) is 10.2. The molecule has 1 fully saturated rings. The van der Waals surface area contributed by atoms with E-state index in [1.807, 2.05) is 18.2 Å². The summed E-state index contributed by atoms with van der Waals surface area (Å²) in [6.07, 6.45) is -1.24. The number of piperidine rings is 1. The second-order valence-electron chi connectivity index (χ2n) is 6.40. The number of alkyl halides is 2. The van der Waals surface area contributed by atoms with Crippen molar-refractivity contribution in [2.45, 2.75) is 24.9 Å². The van der Waals surface area contributed by atoms with Crippen LogP contribution in [0.15, 0.2) is 41.5 Å². The van der Waals surface area contributed by atoms with E-state index in [0.717, 1.165) is 5.56 Å². The van der Waals surface area contributed by atoms with Gasteiger partial charge in [-0.1, -0.05) is 35.4 Å². The van der Waals surface area contributed by atoms with Crippen LogP contribution < -0.4 is 4.74 Å². The van der Waals surface area contributed by atoms with E-state index in [1.165, 1.54) is 18.1 Å². The number of hydrogen-bond acceptors (Lipinski definition) is 6. The van der Waals surface area contributed by atoms with Gasteiger partial charge in [0.2, 0.25) is 5.88 Å². The molecule has 1 saturated heterocycles. The fourth-order valence-electron chi connectivity index (χ4n) is 3.01. The lowest BCUT2D eigenvalue weighted by atomic mass is 9.90. The number of carbonyl (C=O) groups is 1. The molecule has 1 atom stereocenters. The fraction of sp³-hybridized carbons (Fsp3) is 0.389. The largest absolute Gasteiger partial charge is 0.480 e. The Hall–Kier alpha value is -3.46. The molecule has 0 saturated carbocycles. The van der Waals surface area contributed by atoms with E-state index in [1.54, 1.807) is 12.1 Å². The van der Waals surface area contributed by atoms with Crippen LogP contribution in [-0.2, 0) is 11.3 Å². The van der Waals surface area contributed by atoms with Crippen molar-refractivity contribution < 1.29 is 23.0 Å². The molecule has 1 aromatic heterocycles. The van der Waals surface area contributed by atoms with E-state index in [4.69, 9.17) is 15.0 Å². The highest BCUT2D eigenvalue weighted by molar-refractivity contribution is 5.68. The second-order valence-corrected chi connectivity index (χ2v) is 6.40. The first-order valence-corrected chi connectivity index (χ1v) is 8.74. The topological polar surface area (TPSA) is 113 Å². The molecule has 1 aliphatic rings. The molecule has 29 heavy (non-hydrogen) atoms. The molecule has 0 aliphatic carbocycles. The third-order valence-electron chi connectivity index (χ3n) is 4.55. The summed E-state index contributed by atoms with van der Waals surface area (Å²) < 4.78 is 39.3. The number of ether oxygens (including phenoxy) is 2. The first kappa shape index (κ1) is 20.3. The van der Waals surface area contributed by atoms with Crippen LogP contribution in [0.5, 0.6) is 5.88 Å². The third kappa shape index (κ3) is 4.69. The van der Waals surface area contributed by atoms with Gasteiger partial charge in [-0.25, -0.2) is 13.6 Å². The van der Waals surface area contributed by atoms with Crippen molar-refractivity contribution in [3.63, 3.8) is 0 Å². The molecule has 1 aromatic carbocycles. The lowest BCUT2D eigenvalue weighted by Gasteiger charge is -2.37. The highest BCUT2D eigenvalue weighted by Crippen LogP contribution is 2.41. The van der Waals surface area contributed by atoms with Crippen molar-refractivity contribution in [1.29, 1.82) is 0 Å². The molecule has 3 rings (SSSR count). The maximum atomic E-state index is 14.6. The molecular formula is C18H18F2N6O3. The average Bonchev–Trinajstić information content (AvgIpc) is 2.73. The van der Waals surface area contributed by atoms with Crippen LogP contribution in [0.2, 0.25) is 0 Å². The highest BCUT2D eigenvalue weighted by atomic mass is 19.3. The number of aromatic nitrogens is 2. The zero-order chi connectivity index (χ0) is 20.9. The summed E-state index contributed by atoms with van der Waals surface area (Å²) in [7, 11) is 1.29. The smallest absolute Gasteiger partial charge is 0.410 e. The molecule has 2 heterocycles. The minimum Gasteiger partial charge on any atom is -0.480 e. The summed E-state index contributed by atoms with van der Waals surface area (Å²) in [6.45, 7) is -0.415. The highest BCUT2D eigenvalue weighted by Gasteiger charge is 2.47. The number of amides is 1. The Balaban J connectivity index is 1.76. The van der Waals surface area contributed by atoms with Crippen molar-refractivity contribution in [3.05, 3.63) is 58.1 Å². The van der Waals surface area contributed by atoms with Gasteiger partial charge in [-0.15, -0.1) is 5.10 Å². The van der Waals surface area contributed by atoms with Crippen molar-refractivity contribution in [3.8, 4) is 5.88 Å². The Morgan fingerprint density at radius 3 is 2.83 bits per heavy atom. The van der Waals surface area contributed by atoms with Gasteiger partial charge in [-0.3, -0.25) is 0 Å². The molecule has 0 spiro atoms. The first-order chi connectivity index (χ1) is 13.9. The van der Waals surface area contributed by atoms with Crippen molar-refractivity contribution in [2.24, 2.45) is 5.11 Å². The zero-order valence-electron chi connectivity index (χ0n) is 15.5. The third-order valence-corrected chi connectivity index (χ3v) is 4.55. The van der Waals surface area contributed by atoms with Crippen molar-refractivity contribution >= 4 is 11.8 Å². The standard InChI is InChI=1S/C18H18F2N6O3/c1-28-16-15(23-25-21)9-14(22-24-16)13-10-26(8-7-18(13,19)20)17(27)29-11-12-5-3-2-4-6-12/h2-6,9,13H,7-8,10-11H2,1H3. The molecule has 1 aliphatic heterocycles. The van der Waals surface area contributed by atoms with Crippen molar-refractivity contribution in [1.82, 2.24) is 15.1 Å². The van der Waals surface area contributed by atoms with Crippen LogP contribution in [0.3, 0.4) is 0 Å². The molecule has 152 valence electrons. The summed E-state index contributed by atoms with van der Waals surface area (Å²) >= 11 is 0. The minimum absolute atomic E-state index is 0.0423. The van der Waals surface area contributed by atoms with E-state index in [-0.39, 0.29) is 37.0 Å². The maximum Gasteiger partial charge on any atom is 0.410 e. The van der Waals surface area contributed by atoms with E-state index >= 15 is 0 Å². The molecule has 9 nitrogen and oxygen atoms in total. The summed E-state index contributed by atoms with van der Waals surface area (Å²) in [4.78, 5) is 16.2. The van der Waals surface area contributed by atoms with Gasteiger partial charge in [-0.05, 0) is 17.2 Å². The summed E-state index contributed by atoms with van der Waals surface area (Å²) in [5.41, 5.74) is 9.29. The molecule has 1 unspecified atom stereocenters. The first-order valence-electron chi connectivity index (χ1n) is 8.74. The van der Waals surface area contributed by atoms with Crippen LogP contribution >= 0.6 is 0 Å². The molecule has 11 heteroatoms. The normalized spacial score (nSPS) is 17.9. The number of carbonyl (C=O) groups excluding carboxylic acids is 1. The van der Waals surface area contributed by atoms with Gasteiger partial charge in [0.25, 0.3) is 5.92 Å².